The number of phenolic OH excluding ortho intramolecular Hbond substituents is 1. The van der Waals surface area contributed by atoms with Crippen molar-refractivity contribution in [1.82, 2.24) is 9.97 Å². The molecule has 0 amide bonds. The summed E-state index contributed by atoms with van der Waals surface area (Å²) in [4.78, 5) is 8.49. The zero-order valence-corrected chi connectivity index (χ0v) is 12.0. The van der Waals surface area contributed by atoms with Gasteiger partial charge in [0.1, 0.15) is 17.9 Å². The molecule has 1 heterocycles. The molecule has 5 heteroatoms. The maximum atomic E-state index is 9.52. The lowest BCUT2D eigenvalue weighted by molar-refractivity contribution is 0.471. The highest BCUT2D eigenvalue weighted by molar-refractivity contribution is 14.1. The van der Waals surface area contributed by atoms with Crippen LogP contribution in [0, 0.1) is 3.57 Å². The second-order valence-corrected chi connectivity index (χ2v) is 5.19. The molecule has 2 aromatic carbocycles. The Morgan fingerprint density at radius 1 is 1.05 bits per heavy atom. The van der Waals surface area contributed by atoms with E-state index in [4.69, 9.17) is 0 Å². The molecular weight excluding hydrogens is 353 g/mol. The van der Waals surface area contributed by atoms with E-state index in [1.54, 1.807) is 6.07 Å². The summed E-state index contributed by atoms with van der Waals surface area (Å²) in [7, 11) is 0. The molecule has 4 nitrogen and oxygen atoms in total. The zero-order valence-electron chi connectivity index (χ0n) is 9.84. The Bertz CT molecular complexity index is 740. The number of nitrogens with zero attached hydrogens (tertiary/aromatic N) is 2. The molecule has 0 spiro atoms. The summed E-state index contributed by atoms with van der Waals surface area (Å²) in [6, 6.07) is 13.2. The summed E-state index contributed by atoms with van der Waals surface area (Å²) >= 11 is 2.09. The topological polar surface area (TPSA) is 58.0 Å². The molecule has 0 radical (unpaired) electrons. The van der Waals surface area contributed by atoms with Gasteiger partial charge in [-0.1, -0.05) is 12.1 Å². The highest BCUT2D eigenvalue weighted by atomic mass is 127. The molecule has 0 atom stereocenters. The Labute approximate surface area is 123 Å². The third kappa shape index (κ3) is 2.46. The number of fused-ring (bicyclic) bond motifs is 1. The fraction of sp³-hybridized carbons (Fsp3) is 0. The van der Waals surface area contributed by atoms with Crippen LogP contribution in [0.4, 0.5) is 11.5 Å². The van der Waals surface area contributed by atoms with Crippen molar-refractivity contribution in [3.8, 4) is 5.75 Å². The van der Waals surface area contributed by atoms with E-state index in [0.717, 1.165) is 26.0 Å². The second kappa shape index (κ2) is 5.00. The van der Waals surface area contributed by atoms with Crippen LogP contribution in [0.2, 0.25) is 0 Å². The van der Waals surface area contributed by atoms with Gasteiger partial charge in [-0.15, -0.1) is 0 Å². The molecule has 2 N–H and O–H groups in total. The molecule has 3 aromatic rings. The molecule has 0 fully saturated rings. The molecule has 0 aliphatic carbocycles. The third-order valence-corrected chi connectivity index (χ3v) is 3.62. The lowest BCUT2D eigenvalue weighted by Crippen LogP contribution is -1.96. The average Bonchev–Trinajstić information content (AvgIpc) is 2.43. The number of aromatic hydroxyl groups is 1. The van der Waals surface area contributed by atoms with Crippen molar-refractivity contribution < 1.29 is 5.11 Å². The number of hydrogen-bond acceptors (Lipinski definition) is 4. The van der Waals surface area contributed by atoms with Gasteiger partial charge in [0.25, 0.3) is 0 Å². The molecule has 0 unspecified atom stereocenters. The maximum absolute atomic E-state index is 9.52. The van der Waals surface area contributed by atoms with Crippen LogP contribution >= 0.6 is 22.6 Å². The molecule has 3 rings (SSSR count). The fourth-order valence-electron chi connectivity index (χ4n) is 1.83. The molecule has 94 valence electrons. The van der Waals surface area contributed by atoms with Crippen LogP contribution in [0.25, 0.3) is 10.9 Å². The largest absolute Gasteiger partial charge is 0.507 e. The summed E-state index contributed by atoms with van der Waals surface area (Å²) in [5.74, 6) is 1.03. The van der Waals surface area contributed by atoms with Crippen LogP contribution in [0.1, 0.15) is 0 Å². The molecule has 0 saturated heterocycles. The normalized spacial score (nSPS) is 10.6. The van der Waals surface area contributed by atoms with E-state index in [-0.39, 0.29) is 5.75 Å². The van der Waals surface area contributed by atoms with Gasteiger partial charge in [-0.25, -0.2) is 9.97 Å². The average molecular weight is 363 g/mol. The first kappa shape index (κ1) is 12.2. The van der Waals surface area contributed by atoms with Crippen molar-refractivity contribution in [2.75, 3.05) is 5.32 Å². The molecule has 19 heavy (non-hydrogen) atoms. The van der Waals surface area contributed by atoms with Crippen molar-refractivity contribution in [3.05, 3.63) is 52.4 Å². The highest BCUT2D eigenvalue weighted by Crippen LogP contribution is 2.27. The van der Waals surface area contributed by atoms with Gasteiger partial charge in [-0.05, 0) is 52.9 Å². The van der Waals surface area contributed by atoms with Crippen molar-refractivity contribution in [2.24, 2.45) is 0 Å². The Balaban J connectivity index is 2.03. The van der Waals surface area contributed by atoms with Gasteiger partial charge < -0.3 is 10.4 Å². The van der Waals surface area contributed by atoms with E-state index in [1.807, 2.05) is 36.4 Å². The van der Waals surface area contributed by atoms with E-state index >= 15 is 0 Å². The summed E-state index contributed by atoms with van der Waals surface area (Å²) in [6.07, 6.45) is 1.54. The number of benzene rings is 2. The molecule has 0 saturated carbocycles. The number of anilines is 2. The minimum Gasteiger partial charge on any atom is -0.507 e. The van der Waals surface area contributed by atoms with E-state index < -0.39 is 0 Å². The monoisotopic (exact) mass is 363 g/mol. The van der Waals surface area contributed by atoms with Crippen LogP contribution < -0.4 is 5.32 Å². The minimum absolute atomic E-state index is 0.277. The van der Waals surface area contributed by atoms with Crippen LogP contribution in [0.15, 0.2) is 48.8 Å². The number of halogens is 1. The second-order valence-electron chi connectivity index (χ2n) is 4.03. The Morgan fingerprint density at radius 3 is 2.74 bits per heavy atom. The third-order valence-electron chi connectivity index (χ3n) is 2.75. The minimum atomic E-state index is 0.277. The van der Waals surface area contributed by atoms with Crippen molar-refractivity contribution >= 4 is 45.0 Å². The van der Waals surface area contributed by atoms with Crippen LogP contribution in [-0.2, 0) is 0 Å². The Kier molecular flexibility index (Phi) is 3.20. The lowest BCUT2D eigenvalue weighted by atomic mass is 10.2. The van der Waals surface area contributed by atoms with Gasteiger partial charge in [0, 0.05) is 11.1 Å². The van der Waals surface area contributed by atoms with Gasteiger partial charge in [-0.2, -0.15) is 0 Å². The molecule has 0 aliphatic heterocycles. The Morgan fingerprint density at radius 2 is 1.89 bits per heavy atom. The van der Waals surface area contributed by atoms with Gasteiger partial charge in [-0.3, -0.25) is 0 Å². The first-order chi connectivity index (χ1) is 9.24. The van der Waals surface area contributed by atoms with Gasteiger partial charge >= 0.3 is 0 Å². The zero-order chi connectivity index (χ0) is 13.2. The van der Waals surface area contributed by atoms with E-state index in [0.29, 0.717) is 0 Å². The van der Waals surface area contributed by atoms with Gasteiger partial charge in [0.2, 0.25) is 0 Å². The summed E-state index contributed by atoms with van der Waals surface area (Å²) in [5, 5.41) is 13.7. The number of hydrogen-bond donors (Lipinski definition) is 2. The quantitative estimate of drug-likeness (QED) is 0.539. The fourth-order valence-corrected chi connectivity index (χ4v) is 2.34. The van der Waals surface area contributed by atoms with Crippen LogP contribution in [-0.4, -0.2) is 15.1 Å². The van der Waals surface area contributed by atoms with Crippen LogP contribution in [0.5, 0.6) is 5.75 Å². The van der Waals surface area contributed by atoms with Crippen molar-refractivity contribution in [3.63, 3.8) is 0 Å². The van der Waals surface area contributed by atoms with Gasteiger partial charge in [0.05, 0.1) is 9.09 Å². The summed E-state index contributed by atoms with van der Waals surface area (Å²) < 4.78 is 0.793. The predicted molar refractivity (Wildman–Crippen MR) is 83.6 cm³/mol. The Hall–Kier alpha value is -1.89. The van der Waals surface area contributed by atoms with E-state index in [9.17, 15) is 5.11 Å². The number of para-hydroxylation sites is 1. The van der Waals surface area contributed by atoms with Crippen LogP contribution in [0.3, 0.4) is 0 Å². The number of aromatic nitrogens is 2. The highest BCUT2D eigenvalue weighted by Gasteiger charge is 2.04. The first-order valence-electron chi connectivity index (χ1n) is 5.69. The van der Waals surface area contributed by atoms with Gasteiger partial charge in [0.15, 0.2) is 0 Å². The maximum Gasteiger partial charge on any atom is 0.141 e. The smallest absolute Gasteiger partial charge is 0.141 e. The van der Waals surface area contributed by atoms with Crippen molar-refractivity contribution in [2.45, 2.75) is 0 Å². The molecule has 0 aliphatic rings. The number of nitrogens with one attached hydrogen (secondary N) is 1. The predicted octanol–water partition coefficient (Wildman–Crippen LogP) is 3.68. The standard InChI is InChI=1S/C14H10IN3O/c15-11-7-9(5-6-13(11)19)18-14-10-3-1-2-4-12(10)16-8-17-14/h1-8,19H,(H,16,17,18). The SMILES string of the molecule is Oc1ccc(Nc2ncnc3ccccc23)cc1I. The summed E-state index contributed by atoms with van der Waals surface area (Å²) in [5.41, 5.74) is 1.78. The molecule has 0 bridgehead atoms. The number of rotatable bonds is 2. The van der Waals surface area contributed by atoms with E-state index in [2.05, 4.69) is 37.9 Å². The first-order valence-corrected chi connectivity index (χ1v) is 6.77. The summed E-state index contributed by atoms with van der Waals surface area (Å²) in [6.45, 7) is 0. The number of phenols is 1. The van der Waals surface area contributed by atoms with E-state index in [1.165, 1.54) is 6.33 Å². The lowest BCUT2D eigenvalue weighted by Gasteiger charge is -2.09. The molecular formula is C14H10IN3O. The van der Waals surface area contributed by atoms with Crippen molar-refractivity contribution in [1.29, 1.82) is 0 Å². The molecule has 1 aromatic heterocycles.